The van der Waals surface area contributed by atoms with E-state index < -0.39 is 0 Å². The quantitative estimate of drug-likeness (QED) is 0.897. The van der Waals surface area contributed by atoms with Crippen LogP contribution in [0.3, 0.4) is 0 Å². The van der Waals surface area contributed by atoms with Gasteiger partial charge in [0.05, 0.1) is 0 Å². The molecule has 0 saturated heterocycles. The van der Waals surface area contributed by atoms with Crippen LogP contribution in [0, 0.1) is 6.92 Å². The Hall–Kier alpha value is -2.00. The second kappa shape index (κ2) is 7.14. The summed E-state index contributed by atoms with van der Waals surface area (Å²) in [7, 11) is 0. The van der Waals surface area contributed by atoms with Crippen molar-refractivity contribution in [3.63, 3.8) is 0 Å². The fourth-order valence-electron chi connectivity index (χ4n) is 1.92. The zero-order valence-corrected chi connectivity index (χ0v) is 12.9. The standard InChI is InChI=1S/C17H18ClNO2/c1-3-13-5-4-6-15(9-13)21-11-17(20)19-16-10-14(18)8-7-12(16)2/h4-10H,3,11H2,1-2H3,(H,19,20). The maximum absolute atomic E-state index is 11.9. The Bertz CT molecular complexity index is 640. The highest BCUT2D eigenvalue weighted by atomic mass is 35.5. The van der Waals surface area contributed by atoms with Gasteiger partial charge >= 0.3 is 0 Å². The van der Waals surface area contributed by atoms with Crippen LogP contribution < -0.4 is 10.1 Å². The maximum Gasteiger partial charge on any atom is 0.262 e. The average Bonchev–Trinajstić information content (AvgIpc) is 2.49. The number of benzene rings is 2. The summed E-state index contributed by atoms with van der Waals surface area (Å²) < 4.78 is 5.51. The molecule has 0 radical (unpaired) electrons. The molecule has 21 heavy (non-hydrogen) atoms. The van der Waals surface area contributed by atoms with Gasteiger partial charge in [-0.2, -0.15) is 0 Å². The molecule has 2 aromatic carbocycles. The monoisotopic (exact) mass is 303 g/mol. The Morgan fingerprint density at radius 2 is 2.05 bits per heavy atom. The fraction of sp³-hybridized carbons (Fsp3) is 0.235. The molecule has 0 atom stereocenters. The van der Waals surface area contributed by atoms with Crippen LogP contribution >= 0.6 is 11.6 Å². The third kappa shape index (κ3) is 4.50. The Kier molecular flexibility index (Phi) is 5.23. The predicted molar refractivity (Wildman–Crippen MR) is 86.1 cm³/mol. The van der Waals surface area contributed by atoms with E-state index in [1.807, 2.05) is 37.3 Å². The number of aryl methyl sites for hydroxylation is 2. The van der Waals surface area contributed by atoms with Gasteiger partial charge in [-0.05, 0) is 48.7 Å². The van der Waals surface area contributed by atoms with Crippen LogP contribution in [0.15, 0.2) is 42.5 Å². The number of nitrogens with one attached hydrogen (secondary N) is 1. The molecular formula is C17H18ClNO2. The summed E-state index contributed by atoms with van der Waals surface area (Å²) in [5.41, 5.74) is 2.85. The molecule has 110 valence electrons. The van der Waals surface area contributed by atoms with Crippen molar-refractivity contribution in [2.75, 3.05) is 11.9 Å². The van der Waals surface area contributed by atoms with Gasteiger partial charge in [0.15, 0.2) is 6.61 Å². The third-order valence-electron chi connectivity index (χ3n) is 3.15. The van der Waals surface area contributed by atoms with Gasteiger partial charge in [0.2, 0.25) is 0 Å². The molecule has 0 fully saturated rings. The van der Waals surface area contributed by atoms with Gasteiger partial charge in [-0.1, -0.05) is 36.7 Å². The van der Waals surface area contributed by atoms with E-state index in [-0.39, 0.29) is 12.5 Å². The number of halogens is 1. The highest BCUT2D eigenvalue weighted by molar-refractivity contribution is 6.31. The van der Waals surface area contributed by atoms with Crippen molar-refractivity contribution in [2.45, 2.75) is 20.3 Å². The van der Waals surface area contributed by atoms with Crippen LogP contribution in [-0.4, -0.2) is 12.5 Å². The lowest BCUT2D eigenvalue weighted by Crippen LogP contribution is -2.20. The van der Waals surface area contributed by atoms with Crippen molar-refractivity contribution in [3.05, 3.63) is 58.6 Å². The first-order valence-corrected chi connectivity index (χ1v) is 7.24. The Labute approximate surface area is 129 Å². The molecule has 2 aromatic rings. The van der Waals surface area contributed by atoms with E-state index in [0.717, 1.165) is 12.0 Å². The van der Waals surface area contributed by atoms with Crippen LogP contribution in [0.2, 0.25) is 5.02 Å². The number of ether oxygens (including phenoxy) is 1. The number of hydrogen-bond donors (Lipinski definition) is 1. The first-order valence-electron chi connectivity index (χ1n) is 6.86. The van der Waals surface area contributed by atoms with Crippen molar-refractivity contribution in [1.29, 1.82) is 0 Å². The minimum atomic E-state index is -0.206. The van der Waals surface area contributed by atoms with Crippen molar-refractivity contribution in [2.24, 2.45) is 0 Å². The molecule has 0 aromatic heterocycles. The summed E-state index contributed by atoms with van der Waals surface area (Å²) in [6.07, 6.45) is 0.936. The summed E-state index contributed by atoms with van der Waals surface area (Å²) in [5, 5.41) is 3.39. The summed E-state index contributed by atoms with van der Waals surface area (Å²) in [6.45, 7) is 3.96. The third-order valence-corrected chi connectivity index (χ3v) is 3.39. The minimum Gasteiger partial charge on any atom is -0.484 e. The first-order chi connectivity index (χ1) is 10.1. The number of anilines is 1. The highest BCUT2D eigenvalue weighted by Crippen LogP contribution is 2.20. The van der Waals surface area contributed by atoms with Gasteiger partial charge in [-0.25, -0.2) is 0 Å². The van der Waals surface area contributed by atoms with Gasteiger partial charge < -0.3 is 10.1 Å². The second-order valence-electron chi connectivity index (χ2n) is 4.80. The molecular weight excluding hydrogens is 286 g/mol. The van der Waals surface area contributed by atoms with Crippen LogP contribution in [-0.2, 0) is 11.2 Å². The van der Waals surface area contributed by atoms with Crippen LogP contribution in [0.1, 0.15) is 18.1 Å². The zero-order valence-electron chi connectivity index (χ0n) is 12.2. The van der Waals surface area contributed by atoms with Crippen molar-refractivity contribution in [1.82, 2.24) is 0 Å². The van der Waals surface area contributed by atoms with E-state index in [9.17, 15) is 4.79 Å². The highest BCUT2D eigenvalue weighted by Gasteiger charge is 2.06. The SMILES string of the molecule is CCc1cccc(OCC(=O)Nc2cc(Cl)ccc2C)c1. The molecule has 0 bridgehead atoms. The van der Waals surface area contributed by atoms with Gasteiger partial charge in [0.1, 0.15) is 5.75 Å². The molecule has 0 unspecified atom stereocenters. The zero-order chi connectivity index (χ0) is 15.2. The topological polar surface area (TPSA) is 38.3 Å². The molecule has 3 nitrogen and oxygen atoms in total. The smallest absolute Gasteiger partial charge is 0.262 e. The molecule has 0 spiro atoms. The molecule has 0 aliphatic carbocycles. The Balaban J connectivity index is 1.94. The van der Waals surface area contributed by atoms with E-state index in [1.54, 1.807) is 12.1 Å². The van der Waals surface area contributed by atoms with Gasteiger partial charge in [-0.3, -0.25) is 4.79 Å². The Morgan fingerprint density at radius 1 is 1.24 bits per heavy atom. The normalized spacial score (nSPS) is 10.2. The van der Waals surface area contributed by atoms with E-state index in [1.165, 1.54) is 5.56 Å². The summed E-state index contributed by atoms with van der Waals surface area (Å²) in [4.78, 5) is 11.9. The van der Waals surface area contributed by atoms with Crippen LogP contribution in [0.25, 0.3) is 0 Å². The average molecular weight is 304 g/mol. The summed E-state index contributed by atoms with van der Waals surface area (Å²) in [5.74, 6) is 0.495. The number of amides is 1. The number of carbonyl (C=O) groups is 1. The van der Waals surface area contributed by atoms with Crippen molar-refractivity contribution >= 4 is 23.2 Å². The molecule has 1 amide bonds. The predicted octanol–water partition coefficient (Wildman–Crippen LogP) is 4.23. The second-order valence-corrected chi connectivity index (χ2v) is 5.23. The maximum atomic E-state index is 11.9. The number of carbonyl (C=O) groups excluding carboxylic acids is 1. The molecule has 0 aliphatic rings. The molecule has 0 aliphatic heterocycles. The number of hydrogen-bond acceptors (Lipinski definition) is 2. The van der Waals surface area contributed by atoms with Gasteiger partial charge in [-0.15, -0.1) is 0 Å². The van der Waals surface area contributed by atoms with E-state index in [4.69, 9.17) is 16.3 Å². The van der Waals surface area contributed by atoms with Crippen molar-refractivity contribution in [3.8, 4) is 5.75 Å². The van der Waals surface area contributed by atoms with Crippen LogP contribution in [0.4, 0.5) is 5.69 Å². The Morgan fingerprint density at radius 3 is 2.81 bits per heavy atom. The van der Waals surface area contributed by atoms with Crippen molar-refractivity contribution < 1.29 is 9.53 Å². The molecule has 2 rings (SSSR count). The summed E-state index contributed by atoms with van der Waals surface area (Å²) >= 11 is 5.92. The molecule has 1 N–H and O–H groups in total. The fourth-order valence-corrected chi connectivity index (χ4v) is 2.09. The lowest BCUT2D eigenvalue weighted by atomic mass is 10.2. The van der Waals surface area contributed by atoms with Gasteiger partial charge in [0, 0.05) is 10.7 Å². The largest absolute Gasteiger partial charge is 0.484 e. The summed E-state index contributed by atoms with van der Waals surface area (Å²) in [6, 6.07) is 13.1. The van der Waals surface area contributed by atoms with E-state index >= 15 is 0 Å². The first kappa shape index (κ1) is 15.4. The van der Waals surface area contributed by atoms with Gasteiger partial charge in [0.25, 0.3) is 5.91 Å². The minimum absolute atomic E-state index is 0.0286. The molecule has 0 heterocycles. The molecule has 0 saturated carbocycles. The van der Waals surface area contributed by atoms with Crippen LogP contribution in [0.5, 0.6) is 5.75 Å². The lowest BCUT2D eigenvalue weighted by Gasteiger charge is -2.10. The molecule has 4 heteroatoms. The lowest BCUT2D eigenvalue weighted by molar-refractivity contribution is -0.118. The van der Waals surface area contributed by atoms with E-state index in [0.29, 0.717) is 16.5 Å². The number of rotatable bonds is 5. The van der Waals surface area contributed by atoms with E-state index in [2.05, 4.69) is 12.2 Å².